The average molecular weight is 373 g/mol. The van der Waals surface area contributed by atoms with E-state index in [2.05, 4.69) is 36.9 Å². The van der Waals surface area contributed by atoms with Gasteiger partial charge in [-0.05, 0) is 27.6 Å². The number of ether oxygens (including phenoxy) is 1. The zero-order valence-electron chi connectivity index (χ0n) is 16.2. The van der Waals surface area contributed by atoms with E-state index < -0.39 is 0 Å². The first-order chi connectivity index (χ1) is 13.1. The predicted molar refractivity (Wildman–Crippen MR) is 106 cm³/mol. The Bertz CT molecular complexity index is 692. The highest BCUT2D eigenvalue weighted by molar-refractivity contribution is 5.89. The molecule has 27 heavy (non-hydrogen) atoms. The van der Waals surface area contributed by atoms with Crippen LogP contribution in [0.1, 0.15) is 19.4 Å². The minimum Gasteiger partial charge on any atom is -0.463 e. The Hall–Kier alpha value is -2.81. The van der Waals surface area contributed by atoms with E-state index in [9.17, 15) is 4.79 Å². The van der Waals surface area contributed by atoms with Crippen molar-refractivity contribution in [2.45, 2.75) is 20.4 Å². The molecule has 0 unspecified atom stereocenters. The van der Waals surface area contributed by atoms with E-state index in [1.165, 1.54) is 6.20 Å². The molecule has 2 rings (SSSR count). The number of piperazine rings is 1. The Morgan fingerprint density at radius 1 is 1.33 bits per heavy atom. The summed E-state index contributed by atoms with van der Waals surface area (Å²) in [5, 5.41) is 3.08. The van der Waals surface area contributed by atoms with Crippen LogP contribution in [0.4, 0.5) is 5.95 Å². The molecule has 1 aliphatic rings. The van der Waals surface area contributed by atoms with Gasteiger partial charge in [-0.25, -0.2) is 24.7 Å². The molecule has 0 bridgehead atoms. The van der Waals surface area contributed by atoms with Crippen molar-refractivity contribution in [1.29, 1.82) is 0 Å². The molecule has 0 saturated carbocycles. The van der Waals surface area contributed by atoms with Crippen molar-refractivity contribution in [1.82, 2.24) is 20.2 Å². The minimum absolute atomic E-state index is 0.334. The second-order valence-corrected chi connectivity index (χ2v) is 6.02. The Kier molecular flexibility index (Phi) is 7.87. The summed E-state index contributed by atoms with van der Waals surface area (Å²) < 4.78 is 4.94. The van der Waals surface area contributed by atoms with Gasteiger partial charge in [0.1, 0.15) is 0 Å². The molecular formula is C18H27N7O2. The number of hydrogen-bond acceptors (Lipinski definition) is 7. The van der Waals surface area contributed by atoms with Crippen LogP contribution in [-0.4, -0.2) is 73.3 Å². The van der Waals surface area contributed by atoms with Crippen LogP contribution in [0, 0.1) is 0 Å². The van der Waals surface area contributed by atoms with Crippen LogP contribution in [0.3, 0.4) is 0 Å². The number of aliphatic imine (C=N–C) groups is 2. The number of nitrogens with one attached hydrogen (secondary N) is 1. The van der Waals surface area contributed by atoms with Gasteiger partial charge in [-0.3, -0.25) is 0 Å². The smallest absolute Gasteiger partial charge is 0.335 e. The summed E-state index contributed by atoms with van der Waals surface area (Å²) in [5.41, 5.74) is 1.47. The number of hydrogen-bond donors (Lipinski definition) is 1. The number of rotatable bonds is 6. The van der Waals surface area contributed by atoms with Gasteiger partial charge in [0.15, 0.2) is 0 Å². The van der Waals surface area contributed by atoms with Gasteiger partial charge < -0.3 is 19.9 Å². The molecule has 1 saturated heterocycles. The Morgan fingerprint density at radius 2 is 2.00 bits per heavy atom. The average Bonchev–Trinajstić information content (AvgIpc) is 2.70. The Balaban J connectivity index is 1.96. The number of carbonyl (C=O) groups excluding carboxylic acids is 1. The molecule has 0 atom stereocenters. The van der Waals surface area contributed by atoms with Gasteiger partial charge >= 0.3 is 5.97 Å². The zero-order chi connectivity index (χ0) is 19.6. The third-order valence-corrected chi connectivity index (χ3v) is 4.03. The van der Waals surface area contributed by atoms with Gasteiger partial charge in [0.05, 0.1) is 12.2 Å². The van der Waals surface area contributed by atoms with E-state index in [0.717, 1.165) is 31.1 Å². The fraction of sp³-hybridized carbons (Fsp3) is 0.500. The molecule has 2 heterocycles. The topological polar surface area (TPSA) is 95.3 Å². The monoisotopic (exact) mass is 373 g/mol. The van der Waals surface area contributed by atoms with E-state index >= 15 is 0 Å². The van der Waals surface area contributed by atoms with E-state index in [-0.39, 0.29) is 5.97 Å². The number of guanidine groups is 1. The summed E-state index contributed by atoms with van der Waals surface area (Å²) in [6.45, 7) is 11.0. The first-order valence-electron chi connectivity index (χ1n) is 8.92. The molecule has 1 aromatic rings. The Morgan fingerprint density at radius 3 is 2.56 bits per heavy atom. The number of aromatic nitrogens is 2. The third-order valence-electron chi connectivity index (χ3n) is 4.03. The van der Waals surface area contributed by atoms with Crippen LogP contribution in [0.2, 0.25) is 0 Å². The van der Waals surface area contributed by atoms with Gasteiger partial charge in [0.25, 0.3) is 0 Å². The lowest BCUT2D eigenvalue weighted by Crippen LogP contribution is -2.48. The maximum Gasteiger partial charge on any atom is 0.335 e. The SMILES string of the molecule is C=NC(=N/C=C(\C)C(=O)OCC)N1CCN(c2ncc(CNC)cn2)CC1. The summed E-state index contributed by atoms with van der Waals surface area (Å²) in [4.78, 5) is 32.9. The van der Waals surface area contributed by atoms with Crippen LogP contribution in [0.25, 0.3) is 0 Å². The molecule has 9 heteroatoms. The molecule has 1 fully saturated rings. The van der Waals surface area contributed by atoms with Crippen LogP contribution >= 0.6 is 0 Å². The van der Waals surface area contributed by atoms with Crippen LogP contribution < -0.4 is 10.2 Å². The number of esters is 1. The highest BCUT2D eigenvalue weighted by Crippen LogP contribution is 2.12. The lowest BCUT2D eigenvalue weighted by molar-refractivity contribution is -0.138. The van der Waals surface area contributed by atoms with Crippen molar-refractivity contribution in [2.75, 3.05) is 44.7 Å². The second-order valence-electron chi connectivity index (χ2n) is 6.02. The van der Waals surface area contributed by atoms with Crippen LogP contribution in [-0.2, 0) is 16.1 Å². The van der Waals surface area contributed by atoms with Gasteiger partial charge in [-0.2, -0.15) is 0 Å². The van der Waals surface area contributed by atoms with Crippen molar-refractivity contribution in [3.63, 3.8) is 0 Å². The summed E-state index contributed by atoms with van der Waals surface area (Å²) in [6, 6.07) is 0. The van der Waals surface area contributed by atoms with Crippen molar-refractivity contribution >= 4 is 24.6 Å². The third kappa shape index (κ3) is 5.85. The zero-order valence-corrected chi connectivity index (χ0v) is 16.2. The van der Waals surface area contributed by atoms with Crippen molar-refractivity contribution in [3.05, 3.63) is 29.7 Å². The molecule has 0 aliphatic carbocycles. The largest absolute Gasteiger partial charge is 0.463 e. The summed E-state index contributed by atoms with van der Waals surface area (Å²) in [5.74, 6) is 0.828. The molecule has 1 N–H and O–H groups in total. The maximum atomic E-state index is 11.6. The first kappa shape index (κ1) is 20.5. The summed E-state index contributed by atoms with van der Waals surface area (Å²) in [6.07, 6.45) is 5.15. The molecule has 1 aromatic heterocycles. The standard InChI is InChI=1S/C18H27N7O2/c1-5-27-16(26)14(2)10-21-17(20-4)24-6-8-25(9-7-24)18-22-12-15(11-19-3)13-23-18/h10,12-13,19H,4-9,11H2,1-3H3/b14-10+,21-17?. The maximum absolute atomic E-state index is 11.6. The normalized spacial score (nSPS) is 15.7. The highest BCUT2D eigenvalue weighted by Gasteiger charge is 2.21. The first-order valence-corrected chi connectivity index (χ1v) is 8.92. The number of nitrogens with zero attached hydrogens (tertiary/aromatic N) is 6. The molecule has 146 valence electrons. The van der Waals surface area contributed by atoms with Crippen LogP contribution in [0.15, 0.2) is 34.2 Å². The van der Waals surface area contributed by atoms with E-state index in [4.69, 9.17) is 4.74 Å². The molecule has 0 aromatic carbocycles. The summed E-state index contributed by atoms with van der Waals surface area (Å²) in [7, 11) is 1.89. The number of anilines is 1. The van der Waals surface area contributed by atoms with Crippen molar-refractivity contribution in [3.8, 4) is 0 Å². The van der Waals surface area contributed by atoms with Crippen LogP contribution in [0.5, 0.6) is 0 Å². The van der Waals surface area contributed by atoms with Crippen molar-refractivity contribution < 1.29 is 9.53 Å². The molecule has 9 nitrogen and oxygen atoms in total. The fourth-order valence-corrected chi connectivity index (χ4v) is 2.59. The Labute approximate surface area is 159 Å². The molecule has 1 aliphatic heterocycles. The van der Waals surface area contributed by atoms with Gasteiger partial charge in [0, 0.05) is 56.9 Å². The second kappa shape index (κ2) is 10.4. The minimum atomic E-state index is -0.381. The quantitative estimate of drug-likeness (QED) is 0.342. The van der Waals surface area contributed by atoms with E-state index in [1.807, 2.05) is 24.3 Å². The highest BCUT2D eigenvalue weighted by atomic mass is 16.5. The molecule has 0 radical (unpaired) electrons. The van der Waals surface area contributed by atoms with Gasteiger partial charge in [0.2, 0.25) is 11.9 Å². The van der Waals surface area contributed by atoms with Gasteiger partial charge in [-0.15, -0.1) is 0 Å². The van der Waals surface area contributed by atoms with E-state index in [0.29, 0.717) is 31.2 Å². The number of carbonyl (C=O) groups is 1. The molecule has 0 amide bonds. The fourth-order valence-electron chi connectivity index (χ4n) is 2.59. The van der Waals surface area contributed by atoms with Gasteiger partial charge in [-0.1, -0.05) is 0 Å². The van der Waals surface area contributed by atoms with E-state index in [1.54, 1.807) is 13.8 Å². The lowest BCUT2D eigenvalue weighted by Gasteiger charge is -2.35. The van der Waals surface area contributed by atoms with Crippen molar-refractivity contribution in [2.24, 2.45) is 9.98 Å². The molecular weight excluding hydrogens is 346 g/mol. The predicted octanol–water partition coefficient (Wildman–Crippen LogP) is 0.842. The molecule has 0 spiro atoms. The summed E-state index contributed by atoms with van der Waals surface area (Å²) >= 11 is 0. The lowest BCUT2D eigenvalue weighted by atomic mass is 10.3.